The van der Waals surface area contributed by atoms with Gasteiger partial charge in [-0.2, -0.15) is 0 Å². The minimum absolute atomic E-state index is 0.00579. The van der Waals surface area contributed by atoms with Crippen molar-refractivity contribution in [2.24, 2.45) is 0 Å². The van der Waals surface area contributed by atoms with Crippen LogP contribution in [0.25, 0.3) is 0 Å². The van der Waals surface area contributed by atoms with Gasteiger partial charge in [0.05, 0.1) is 12.2 Å². The Hall–Kier alpha value is -0.340. The van der Waals surface area contributed by atoms with Gasteiger partial charge < -0.3 is 9.84 Å². The molecule has 1 aliphatic rings. The van der Waals surface area contributed by atoms with Gasteiger partial charge in [-0.05, 0) is 19.3 Å². The topological polar surface area (TPSA) is 29.5 Å². The lowest BCUT2D eigenvalue weighted by Crippen LogP contribution is -2.30. The zero-order chi connectivity index (χ0) is 7.40. The fraction of sp³-hybridized carbons (Fsp3) is 0.750. The number of aliphatic hydroxyl groups excluding tert-OH is 1. The maximum Gasteiger partial charge on any atom is 0.0980 e. The van der Waals surface area contributed by atoms with Crippen LogP contribution in [0, 0.1) is 0 Å². The summed E-state index contributed by atoms with van der Waals surface area (Å²) in [6, 6.07) is 0. The van der Waals surface area contributed by atoms with Crippen LogP contribution >= 0.6 is 0 Å². The average molecular weight is 144 g/mol. The van der Waals surface area contributed by atoms with Crippen LogP contribution in [-0.4, -0.2) is 23.9 Å². The molecule has 1 rings (SSSR count). The Morgan fingerprint density at radius 1 is 1.60 bits per heavy atom. The summed E-state index contributed by atoms with van der Waals surface area (Å²) in [5.74, 6) is 0. The summed E-state index contributed by atoms with van der Waals surface area (Å²) in [4.78, 5) is 0. The highest BCUT2D eigenvalue weighted by Gasteiger charge is 2.19. The monoisotopic (exact) mass is 144 g/mol. The molecule has 1 saturated heterocycles. The summed E-state index contributed by atoms with van der Waals surface area (Å²) in [7, 11) is 0. The second kappa shape index (κ2) is 3.74. The van der Waals surface area contributed by atoms with E-state index in [1.807, 2.05) is 0 Å². The van der Waals surface area contributed by atoms with E-state index in [0.29, 0.717) is 0 Å². The van der Waals surface area contributed by atoms with Crippen molar-refractivity contribution in [2.75, 3.05) is 6.61 Å². The second-order valence-corrected chi connectivity index (χ2v) is 2.63. The summed E-state index contributed by atoms with van der Waals surface area (Å²) in [6.45, 7) is 4.29. The van der Waals surface area contributed by atoms with Gasteiger partial charge in [-0.15, -0.1) is 6.58 Å². The predicted molar refractivity (Wildman–Crippen MR) is 39.8 cm³/mol. The molecule has 1 fully saturated rings. The molecule has 0 radical (unpaired) electrons. The molecule has 1 heterocycles. The average Bonchev–Trinajstić information content (AvgIpc) is 2.05. The zero-order valence-electron chi connectivity index (χ0n) is 6.12. The molecule has 0 aromatic rings. The first-order valence-corrected chi connectivity index (χ1v) is 3.77. The van der Waals surface area contributed by atoms with Gasteiger partial charge in [0, 0.05) is 6.61 Å². The first kappa shape index (κ1) is 7.76. The molecule has 2 heteroatoms. The third-order valence-electron chi connectivity index (χ3n) is 1.84. The van der Waals surface area contributed by atoms with E-state index in [1.54, 1.807) is 0 Å². The van der Waals surface area contributed by atoms with Crippen LogP contribution in [0.15, 0.2) is 12.7 Å². The standard InChI is InChI=1S/C8H14O2/c1-2-7(9)8-5-3-4-6-10-8/h2,7-9H,1,3-6H2/i8+2. The van der Waals surface area contributed by atoms with Gasteiger partial charge in [0.25, 0.3) is 0 Å². The number of ether oxygens (including phenoxy) is 1. The lowest BCUT2D eigenvalue weighted by Gasteiger charge is -2.24. The highest BCUT2D eigenvalue weighted by atomic mass is 16.7. The van der Waals surface area contributed by atoms with Gasteiger partial charge in [-0.1, -0.05) is 6.08 Å². The molecule has 2 atom stereocenters. The molecule has 0 aliphatic carbocycles. The first-order chi connectivity index (χ1) is 4.84. The van der Waals surface area contributed by atoms with Crippen molar-refractivity contribution in [3.05, 3.63) is 12.7 Å². The Labute approximate surface area is 61.5 Å². The van der Waals surface area contributed by atoms with Crippen molar-refractivity contribution in [2.45, 2.75) is 31.5 Å². The van der Waals surface area contributed by atoms with Crippen LogP contribution in [0.3, 0.4) is 0 Å². The molecular weight excluding hydrogens is 130 g/mol. The number of rotatable bonds is 2. The highest BCUT2D eigenvalue weighted by molar-refractivity contribution is 4.86. The van der Waals surface area contributed by atoms with Crippen LogP contribution in [0.2, 0.25) is 0 Å². The highest BCUT2D eigenvalue weighted by Crippen LogP contribution is 2.15. The molecule has 10 heavy (non-hydrogen) atoms. The Morgan fingerprint density at radius 2 is 2.40 bits per heavy atom. The molecule has 2 unspecified atom stereocenters. The molecule has 1 aliphatic heterocycles. The maximum absolute atomic E-state index is 9.24. The summed E-state index contributed by atoms with van der Waals surface area (Å²) < 4.78 is 5.31. The normalized spacial score (nSPS) is 29.5. The zero-order valence-corrected chi connectivity index (χ0v) is 6.12. The van der Waals surface area contributed by atoms with E-state index in [1.165, 1.54) is 6.08 Å². The third kappa shape index (κ3) is 1.82. The lowest BCUT2D eigenvalue weighted by molar-refractivity contribution is -0.0440. The van der Waals surface area contributed by atoms with E-state index in [-0.39, 0.29) is 6.10 Å². The van der Waals surface area contributed by atoms with Crippen LogP contribution in [0.5, 0.6) is 0 Å². The molecule has 58 valence electrons. The minimum atomic E-state index is -0.472. The van der Waals surface area contributed by atoms with Crippen LogP contribution < -0.4 is 0 Å². The van der Waals surface area contributed by atoms with E-state index < -0.39 is 6.10 Å². The van der Waals surface area contributed by atoms with E-state index in [4.69, 9.17) is 4.74 Å². The van der Waals surface area contributed by atoms with E-state index in [9.17, 15) is 5.11 Å². The summed E-state index contributed by atoms with van der Waals surface area (Å²) >= 11 is 0. The molecule has 0 saturated carbocycles. The van der Waals surface area contributed by atoms with Crippen molar-refractivity contribution in [1.29, 1.82) is 0 Å². The third-order valence-corrected chi connectivity index (χ3v) is 1.84. The Kier molecular flexibility index (Phi) is 2.90. The van der Waals surface area contributed by atoms with Crippen molar-refractivity contribution < 1.29 is 9.84 Å². The van der Waals surface area contributed by atoms with Crippen molar-refractivity contribution in [3.8, 4) is 0 Å². The molecular formula is C8H14O2. The second-order valence-electron chi connectivity index (χ2n) is 2.63. The number of aliphatic hydroxyl groups is 1. The Bertz CT molecular complexity index is 106. The number of hydrogen-bond acceptors (Lipinski definition) is 2. The quantitative estimate of drug-likeness (QED) is 0.588. The van der Waals surface area contributed by atoms with Crippen molar-refractivity contribution in [3.63, 3.8) is 0 Å². The molecule has 0 aromatic heterocycles. The molecule has 0 aromatic carbocycles. The summed E-state index contributed by atoms with van der Waals surface area (Å²) in [5.41, 5.74) is 0. The van der Waals surface area contributed by atoms with Gasteiger partial charge in [-0.25, -0.2) is 0 Å². The molecule has 0 amide bonds. The number of hydrogen-bond donors (Lipinski definition) is 1. The van der Waals surface area contributed by atoms with Gasteiger partial charge in [0.1, 0.15) is 0 Å². The fourth-order valence-corrected chi connectivity index (χ4v) is 1.19. The van der Waals surface area contributed by atoms with E-state index in [2.05, 4.69) is 6.58 Å². The summed E-state index contributed by atoms with van der Waals surface area (Å²) in [6.07, 6.45) is 4.32. The Balaban J connectivity index is 2.30. The lowest BCUT2D eigenvalue weighted by atomic mass is 10.3. The fourth-order valence-electron chi connectivity index (χ4n) is 1.19. The molecule has 2 nitrogen and oxygen atoms in total. The van der Waals surface area contributed by atoms with Crippen LogP contribution in [-0.2, 0) is 4.74 Å². The molecule has 0 bridgehead atoms. The van der Waals surface area contributed by atoms with Crippen molar-refractivity contribution >= 4 is 0 Å². The predicted octanol–water partition coefficient (Wildman–Crippen LogP) is 1.10. The maximum atomic E-state index is 9.24. The minimum Gasteiger partial charge on any atom is -0.386 e. The van der Waals surface area contributed by atoms with E-state index >= 15 is 0 Å². The van der Waals surface area contributed by atoms with Gasteiger partial charge >= 0.3 is 0 Å². The SMILES string of the molecule is C=CC(O)[14CH]1CCCCO1. The summed E-state index contributed by atoms with van der Waals surface area (Å²) in [5, 5.41) is 9.24. The van der Waals surface area contributed by atoms with Gasteiger partial charge in [-0.3, -0.25) is 0 Å². The smallest absolute Gasteiger partial charge is 0.0980 e. The van der Waals surface area contributed by atoms with Gasteiger partial charge in [0.2, 0.25) is 0 Å². The van der Waals surface area contributed by atoms with Crippen molar-refractivity contribution in [1.82, 2.24) is 0 Å². The van der Waals surface area contributed by atoms with Gasteiger partial charge in [0.15, 0.2) is 0 Å². The van der Waals surface area contributed by atoms with E-state index in [0.717, 1.165) is 25.9 Å². The Morgan fingerprint density at radius 3 is 2.90 bits per heavy atom. The van der Waals surface area contributed by atoms with Crippen LogP contribution in [0.4, 0.5) is 0 Å². The molecule has 1 N–H and O–H groups in total. The van der Waals surface area contributed by atoms with Crippen LogP contribution in [0.1, 0.15) is 19.3 Å². The molecule has 0 spiro atoms. The largest absolute Gasteiger partial charge is 0.386 e. The first-order valence-electron chi connectivity index (χ1n) is 3.77.